The first-order chi connectivity index (χ1) is 6.82. The van der Waals surface area contributed by atoms with E-state index in [-0.39, 0.29) is 5.78 Å². The van der Waals surface area contributed by atoms with Crippen molar-refractivity contribution in [2.45, 2.75) is 32.6 Å². The van der Waals surface area contributed by atoms with E-state index >= 15 is 0 Å². The minimum Gasteiger partial charge on any atom is -0.295 e. The fourth-order valence-electron chi connectivity index (χ4n) is 1.30. The van der Waals surface area contributed by atoms with Gasteiger partial charge >= 0.3 is 0 Å². The van der Waals surface area contributed by atoms with Gasteiger partial charge < -0.3 is 0 Å². The van der Waals surface area contributed by atoms with E-state index in [0.29, 0.717) is 11.1 Å². The molecule has 0 bridgehead atoms. The SMILES string of the molecule is CC(=O)c1ccc(C(C)C(C)(F)F)cc1. The van der Waals surface area contributed by atoms with Gasteiger partial charge in [0.25, 0.3) is 5.92 Å². The van der Waals surface area contributed by atoms with E-state index in [2.05, 4.69) is 0 Å². The van der Waals surface area contributed by atoms with Gasteiger partial charge in [-0.05, 0) is 19.4 Å². The zero-order valence-corrected chi connectivity index (χ0v) is 9.05. The molecule has 1 rings (SSSR count). The van der Waals surface area contributed by atoms with Crippen molar-refractivity contribution in [1.29, 1.82) is 0 Å². The van der Waals surface area contributed by atoms with E-state index in [0.717, 1.165) is 6.92 Å². The highest BCUT2D eigenvalue weighted by Gasteiger charge is 2.31. The quantitative estimate of drug-likeness (QED) is 0.699. The molecule has 0 saturated carbocycles. The third-order valence-electron chi connectivity index (χ3n) is 2.58. The molecule has 0 saturated heterocycles. The van der Waals surface area contributed by atoms with Crippen molar-refractivity contribution in [2.75, 3.05) is 0 Å². The Balaban J connectivity index is 2.94. The first-order valence-electron chi connectivity index (χ1n) is 4.81. The Bertz CT molecular complexity index is 349. The van der Waals surface area contributed by atoms with Gasteiger partial charge in [0, 0.05) is 11.5 Å². The highest BCUT2D eigenvalue weighted by molar-refractivity contribution is 5.94. The molecule has 3 heteroatoms. The summed E-state index contributed by atoms with van der Waals surface area (Å²) >= 11 is 0. The summed E-state index contributed by atoms with van der Waals surface area (Å²) in [5.41, 5.74) is 1.10. The Morgan fingerprint density at radius 2 is 1.73 bits per heavy atom. The lowest BCUT2D eigenvalue weighted by Crippen LogP contribution is -2.19. The van der Waals surface area contributed by atoms with Crippen LogP contribution in [0.15, 0.2) is 24.3 Å². The number of halogens is 2. The van der Waals surface area contributed by atoms with Crippen molar-refractivity contribution in [2.24, 2.45) is 0 Å². The van der Waals surface area contributed by atoms with E-state index in [4.69, 9.17) is 0 Å². The summed E-state index contributed by atoms with van der Waals surface area (Å²) in [6.45, 7) is 3.83. The van der Waals surface area contributed by atoms with Crippen LogP contribution in [-0.4, -0.2) is 11.7 Å². The number of carbonyl (C=O) groups is 1. The van der Waals surface area contributed by atoms with Crippen LogP contribution in [0.1, 0.15) is 42.6 Å². The first kappa shape index (κ1) is 11.8. The topological polar surface area (TPSA) is 17.1 Å². The zero-order valence-electron chi connectivity index (χ0n) is 9.05. The van der Waals surface area contributed by atoms with Crippen LogP contribution in [0.3, 0.4) is 0 Å². The molecule has 0 aromatic heterocycles. The average molecular weight is 212 g/mol. The molecule has 0 spiro atoms. The smallest absolute Gasteiger partial charge is 0.251 e. The van der Waals surface area contributed by atoms with Gasteiger partial charge in [-0.15, -0.1) is 0 Å². The van der Waals surface area contributed by atoms with Gasteiger partial charge in [0.05, 0.1) is 0 Å². The lowest BCUT2D eigenvalue weighted by atomic mass is 9.94. The van der Waals surface area contributed by atoms with Crippen LogP contribution in [0.2, 0.25) is 0 Å². The number of hydrogen-bond donors (Lipinski definition) is 0. The minimum atomic E-state index is -2.74. The largest absolute Gasteiger partial charge is 0.295 e. The molecule has 15 heavy (non-hydrogen) atoms. The zero-order chi connectivity index (χ0) is 11.6. The Hall–Kier alpha value is -1.25. The maximum atomic E-state index is 13.0. The predicted molar refractivity (Wildman–Crippen MR) is 55.5 cm³/mol. The number of benzene rings is 1. The standard InChI is InChI=1S/C12H14F2O/c1-8(12(3,13)14)10-4-6-11(7-5-10)9(2)15/h4-8H,1-3H3. The van der Waals surface area contributed by atoms with E-state index in [1.807, 2.05) is 0 Å². The summed E-state index contributed by atoms with van der Waals surface area (Å²) in [7, 11) is 0. The van der Waals surface area contributed by atoms with Gasteiger partial charge in [-0.2, -0.15) is 0 Å². The van der Waals surface area contributed by atoms with Crippen molar-refractivity contribution in [3.8, 4) is 0 Å². The van der Waals surface area contributed by atoms with Crippen LogP contribution in [-0.2, 0) is 0 Å². The lowest BCUT2D eigenvalue weighted by Gasteiger charge is -2.19. The number of carbonyl (C=O) groups excluding carboxylic acids is 1. The van der Waals surface area contributed by atoms with E-state index < -0.39 is 11.8 Å². The molecule has 0 fully saturated rings. The van der Waals surface area contributed by atoms with E-state index in [1.165, 1.54) is 13.8 Å². The Kier molecular flexibility index (Phi) is 3.22. The van der Waals surface area contributed by atoms with E-state index in [1.54, 1.807) is 24.3 Å². The van der Waals surface area contributed by atoms with Gasteiger partial charge in [-0.25, -0.2) is 8.78 Å². The molecule has 0 radical (unpaired) electrons. The molecule has 0 aliphatic heterocycles. The first-order valence-corrected chi connectivity index (χ1v) is 4.81. The number of ketones is 1. The third-order valence-corrected chi connectivity index (χ3v) is 2.58. The van der Waals surface area contributed by atoms with Gasteiger partial charge in [-0.1, -0.05) is 31.2 Å². The molecule has 1 atom stereocenters. The Labute approximate surface area is 88.1 Å². The fraction of sp³-hybridized carbons (Fsp3) is 0.417. The second-order valence-corrected chi connectivity index (χ2v) is 3.86. The van der Waals surface area contributed by atoms with Crippen LogP contribution in [0.25, 0.3) is 0 Å². The fourth-order valence-corrected chi connectivity index (χ4v) is 1.30. The van der Waals surface area contributed by atoms with Crippen LogP contribution in [0.5, 0.6) is 0 Å². The van der Waals surface area contributed by atoms with Crippen molar-refractivity contribution in [3.63, 3.8) is 0 Å². The lowest BCUT2D eigenvalue weighted by molar-refractivity contribution is -0.00222. The van der Waals surface area contributed by atoms with Crippen molar-refractivity contribution in [1.82, 2.24) is 0 Å². The van der Waals surface area contributed by atoms with Crippen LogP contribution >= 0.6 is 0 Å². The maximum absolute atomic E-state index is 13.0. The van der Waals surface area contributed by atoms with Gasteiger partial charge in [0.1, 0.15) is 0 Å². The molecule has 1 unspecified atom stereocenters. The van der Waals surface area contributed by atoms with Crippen LogP contribution in [0, 0.1) is 0 Å². The summed E-state index contributed by atoms with van der Waals surface area (Å²) in [5.74, 6) is -3.63. The molecule has 0 amide bonds. The summed E-state index contributed by atoms with van der Waals surface area (Å²) in [6.07, 6.45) is 0. The van der Waals surface area contributed by atoms with Crippen molar-refractivity contribution < 1.29 is 13.6 Å². The van der Waals surface area contributed by atoms with Gasteiger partial charge in [0.15, 0.2) is 5.78 Å². The monoisotopic (exact) mass is 212 g/mol. The normalized spacial score (nSPS) is 13.7. The summed E-state index contributed by atoms with van der Waals surface area (Å²) < 4.78 is 26.0. The predicted octanol–water partition coefficient (Wildman–Crippen LogP) is 3.65. The van der Waals surface area contributed by atoms with Gasteiger partial charge in [0.2, 0.25) is 0 Å². The minimum absolute atomic E-state index is 0.0579. The number of alkyl halides is 2. The highest BCUT2D eigenvalue weighted by atomic mass is 19.3. The number of hydrogen-bond acceptors (Lipinski definition) is 1. The molecule has 0 N–H and O–H groups in total. The van der Waals surface area contributed by atoms with Crippen molar-refractivity contribution >= 4 is 5.78 Å². The highest BCUT2D eigenvalue weighted by Crippen LogP contribution is 2.32. The molecule has 1 nitrogen and oxygen atoms in total. The van der Waals surface area contributed by atoms with Crippen LogP contribution in [0.4, 0.5) is 8.78 Å². The molecule has 0 aliphatic carbocycles. The molecular weight excluding hydrogens is 198 g/mol. The maximum Gasteiger partial charge on any atom is 0.251 e. The molecule has 0 heterocycles. The second-order valence-electron chi connectivity index (χ2n) is 3.86. The molecule has 1 aromatic carbocycles. The molecule has 1 aromatic rings. The third kappa shape index (κ3) is 2.85. The molecule has 0 aliphatic rings. The van der Waals surface area contributed by atoms with E-state index in [9.17, 15) is 13.6 Å². The van der Waals surface area contributed by atoms with Crippen molar-refractivity contribution in [3.05, 3.63) is 35.4 Å². The van der Waals surface area contributed by atoms with Crippen LogP contribution < -0.4 is 0 Å². The Morgan fingerprint density at radius 1 is 1.27 bits per heavy atom. The second kappa shape index (κ2) is 4.09. The van der Waals surface area contributed by atoms with Gasteiger partial charge in [-0.3, -0.25) is 4.79 Å². The summed E-state index contributed by atoms with van der Waals surface area (Å²) in [4.78, 5) is 11.0. The average Bonchev–Trinajstić information content (AvgIpc) is 2.15. The molecular formula is C12H14F2O. The number of Topliss-reactive ketones (excluding diaryl/α,β-unsaturated/α-hetero) is 1. The Morgan fingerprint density at radius 3 is 2.07 bits per heavy atom. The number of rotatable bonds is 3. The summed E-state index contributed by atoms with van der Waals surface area (Å²) in [5, 5.41) is 0. The summed E-state index contributed by atoms with van der Waals surface area (Å²) in [6, 6.07) is 6.33. The molecule has 82 valence electrons.